The fraction of sp³-hybridized carbons (Fsp3) is 0.923. The third-order valence-electron chi connectivity index (χ3n) is 3.48. The van der Waals surface area contributed by atoms with E-state index in [0.29, 0.717) is 24.8 Å². The normalized spacial score (nSPS) is 25.6. The second-order valence-corrected chi connectivity index (χ2v) is 5.96. The summed E-state index contributed by atoms with van der Waals surface area (Å²) < 4.78 is 0. The van der Waals surface area contributed by atoms with Gasteiger partial charge in [0.1, 0.15) is 0 Å². The summed E-state index contributed by atoms with van der Waals surface area (Å²) in [5.74, 6) is 0.799. The minimum Gasteiger partial charge on any atom is -0.396 e. The molecule has 1 saturated carbocycles. The highest BCUT2D eigenvalue weighted by molar-refractivity contribution is 5.77. The number of hydrogen-bond donors (Lipinski definition) is 3. The third kappa shape index (κ3) is 5.50. The van der Waals surface area contributed by atoms with Crippen LogP contribution in [0.15, 0.2) is 0 Å². The highest BCUT2D eigenvalue weighted by atomic mass is 16.3. The molecule has 17 heavy (non-hydrogen) atoms. The van der Waals surface area contributed by atoms with E-state index in [-0.39, 0.29) is 12.5 Å². The van der Waals surface area contributed by atoms with Gasteiger partial charge in [-0.3, -0.25) is 4.79 Å². The lowest BCUT2D eigenvalue weighted by Gasteiger charge is -2.30. The number of carbonyl (C=O) groups excluding carboxylic acids is 1. The quantitative estimate of drug-likeness (QED) is 0.674. The monoisotopic (exact) mass is 242 g/mol. The molecule has 0 saturated heterocycles. The van der Waals surface area contributed by atoms with Crippen molar-refractivity contribution in [3.8, 4) is 0 Å². The van der Waals surface area contributed by atoms with Gasteiger partial charge < -0.3 is 16.2 Å². The Bertz CT molecular complexity index is 248. The van der Waals surface area contributed by atoms with Crippen LogP contribution in [0.5, 0.6) is 0 Å². The number of nitrogens with one attached hydrogen (secondary N) is 1. The Labute approximate surface area is 104 Å². The summed E-state index contributed by atoms with van der Waals surface area (Å²) in [4.78, 5) is 11.6. The molecule has 1 fully saturated rings. The highest BCUT2D eigenvalue weighted by Crippen LogP contribution is 2.29. The second-order valence-electron chi connectivity index (χ2n) is 5.96. The van der Waals surface area contributed by atoms with E-state index in [1.54, 1.807) is 0 Å². The Morgan fingerprint density at radius 3 is 2.47 bits per heavy atom. The lowest BCUT2D eigenvalue weighted by molar-refractivity contribution is -0.122. The van der Waals surface area contributed by atoms with Gasteiger partial charge in [0.2, 0.25) is 5.91 Å². The maximum atomic E-state index is 11.6. The largest absolute Gasteiger partial charge is 0.396 e. The number of nitrogens with two attached hydrogens (primary N) is 1. The van der Waals surface area contributed by atoms with E-state index in [0.717, 1.165) is 12.8 Å². The van der Waals surface area contributed by atoms with Crippen LogP contribution in [0.1, 0.15) is 46.0 Å². The van der Waals surface area contributed by atoms with Gasteiger partial charge in [0, 0.05) is 25.1 Å². The topological polar surface area (TPSA) is 75.4 Å². The average molecular weight is 242 g/mol. The van der Waals surface area contributed by atoms with Gasteiger partial charge >= 0.3 is 0 Å². The zero-order valence-electron chi connectivity index (χ0n) is 11.0. The van der Waals surface area contributed by atoms with E-state index < -0.39 is 5.54 Å². The number of rotatable bonds is 5. The molecule has 4 nitrogen and oxygen atoms in total. The first-order valence-electron chi connectivity index (χ1n) is 6.59. The Morgan fingerprint density at radius 1 is 1.35 bits per heavy atom. The van der Waals surface area contributed by atoms with Crippen LogP contribution in [-0.4, -0.2) is 29.7 Å². The lowest BCUT2D eigenvalue weighted by Crippen LogP contribution is -2.41. The van der Waals surface area contributed by atoms with E-state index in [2.05, 4.69) is 5.32 Å². The molecule has 0 spiro atoms. The Hall–Kier alpha value is -0.610. The van der Waals surface area contributed by atoms with Crippen molar-refractivity contribution in [1.82, 2.24) is 5.32 Å². The standard InChI is InChI=1S/C13H26N2O2/c1-13(2,14)7-12(17)15-8-10-5-3-4-6-11(10)9-16/h10-11,16H,3-9,14H2,1-2H3,(H,15,17). The SMILES string of the molecule is CC(C)(N)CC(=O)NCC1CCCCC1CO. The molecule has 0 aliphatic heterocycles. The molecule has 0 heterocycles. The smallest absolute Gasteiger partial charge is 0.221 e. The molecule has 0 aromatic heterocycles. The van der Waals surface area contributed by atoms with Gasteiger partial charge in [0.15, 0.2) is 0 Å². The first-order valence-corrected chi connectivity index (χ1v) is 6.59. The molecule has 1 aliphatic carbocycles. The molecule has 4 heteroatoms. The van der Waals surface area contributed by atoms with Crippen LogP contribution >= 0.6 is 0 Å². The Morgan fingerprint density at radius 2 is 1.94 bits per heavy atom. The summed E-state index contributed by atoms with van der Waals surface area (Å²) in [6.45, 7) is 4.62. The second kappa shape index (κ2) is 6.36. The summed E-state index contributed by atoms with van der Waals surface area (Å²) in [5, 5.41) is 12.2. The molecule has 0 aromatic carbocycles. The molecule has 0 bridgehead atoms. The number of hydrogen-bond acceptors (Lipinski definition) is 3. The van der Waals surface area contributed by atoms with Crippen LogP contribution in [0.2, 0.25) is 0 Å². The first-order chi connectivity index (χ1) is 7.92. The summed E-state index contributed by atoms with van der Waals surface area (Å²) in [7, 11) is 0. The van der Waals surface area contributed by atoms with Crippen LogP contribution in [-0.2, 0) is 4.79 Å². The summed E-state index contributed by atoms with van der Waals surface area (Å²) in [5.41, 5.74) is 5.35. The minimum absolute atomic E-state index is 0.0137. The number of aliphatic hydroxyl groups is 1. The van der Waals surface area contributed by atoms with Gasteiger partial charge in [-0.15, -0.1) is 0 Å². The van der Waals surface area contributed by atoms with E-state index >= 15 is 0 Å². The lowest BCUT2D eigenvalue weighted by atomic mass is 9.79. The van der Waals surface area contributed by atoms with Gasteiger partial charge in [-0.1, -0.05) is 12.8 Å². The fourth-order valence-corrected chi connectivity index (χ4v) is 2.51. The van der Waals surface area contributed by atoms with E-state index in [1.165, 1.54) is 12.8 Å². The minimum atomic E-state index is -0.451. The predicted octanol–water partition coefficient (Wildman–Crippen LogP) is 1.03. The van der Waals surface area contributed by atoms with Crippen LogP contribution < -0.4 is 11.1 Å². The summed E-state index contributed by atoms with van der Waals surface area (Å²) in [6.07, 6.45) is 4.95. The average Bonchev–Trinajstić information content (AvgIpc) is 2.24. The Balaban J connectivity index is 2.31. The van der Waals surface area contributed by atoms with Crippen LogP contribution in [0.3, 0.4) is 0 Å². The molecule has 100 valence electrons. The Kier molecular flexibility index (Phi) is 5.40. The molecule has 1 amide bonds. The molecule has 4 N–H and O–H groups in total. The maximum absolute atomic E-state index is 11.6. The molecule has 0 aromatic rings. The number of amides is 1. The molecule has 2 atom stereocenters. The van der Waals surface area contributed by atoms with Gasteiger partial charge in [0.05, 0.1) is 0 Å². The first kappa shape index (κ1) is 14.5. The molecular formula is C13H26N2O2. The summed E-state index contributed by atoms with van der Waals surface area (Å²) >= 11 is 0. The van der Waals surface area contributed by atoms with Crippen molar-refractivity contribution >= 4 is 5.91 Å². The zero-order valence-corrected chi connectivity index (χ0v) is 11.0. The maximum Gasteiger partial charge on any atom is 0.221 e. The van der Waals surface area contributed by atoms with Crippen molar-refractivity contribution in [2.75, 3.05) is 13.2 Å². The summed E-state index contributed by atoms with van der Waals surface area (Å²) in [6, 6.07) is 0. The molecular weight excluding hydrogens is 216 g/mol. The fourth-order valence-electron chi connectivity index (χ4n) is 2.51. The third-order valence-corrected chi connectivity index (χ3v) is 3.48. The molecule has 0 radical (unpaired) electrons. The van der Waals surface area contributed by atoms with E-state index in [9.17, 15) is 9.90 Å². The highest BCUT2D eigenvalue weighted by Gasteiger charge is 2.25. The number of carbonyl (C=O) groups is 1. The van der Waals surface area contributed by atoms with E-state index in [1.807, 2.05) is 13.8 Å². The van der Waals surface area contributed by atoms with Crippen molar-refractivity contribution in [2.24, 2.45) is 17.6 Å². The van der Waals surface area contributed by atoms with E-state index in [4.69, 9.17) is 5.73 Å². The van der Waals surface area contributed by atoms with Gasteiger partial charge in [0.25, 0.3) is 0 Å². The molecule has 1 aliphatic rings. The van der Waals surface area contributed by atoms with Crippen molar-refractivity contribution in [3.05, 3.63) is 0 Å². The van der Waals surface area contributed by atoms with Gasteiger partial charge in [-0.2, -0.15) is 0 Å². The van der Waals surface area contributed by atoms with Crippen molar-refractivity contribution in [1.29, 1.82) is 0 Å². The van der Waals surface area contributed by atoms with Crippen LogP contribution in [0, 0.1) is 11.8 Å². The van der Waals surface area contributed by atoms with Crippen molar-refractivity contribution in [3.63, 3.8) is 0 Å². The van der Waals surface area contributed by atoms with Gasteiger partial charge in [-0.25, -0.2) is 0 Å². The predicted molar refractivity (Wildman–Crippen MR) is 68.4 cm³/mol. The van der Waals surface area contributed by atoms with Crippen molar-refractivity contribution in [2.45, 2.75) is 51.5 Å². The van der Waals surface area contributed by atoms with Crippen molar-refractivity contribution < 1.29 is 9.90 Å². The van der Waals surface area contributed by atoms with Crippen LogP contribution in [0.4, 0.5) is 0 Å². The van der Waals surface area contributed by atoms with Crippen LogP contribution in [0.25, 0.3) is 0 Å². The zero-order chi connectivity index (χ0) is 12.9. The molecule has 1 rings (SSSR count). The number of aliphatic hydroxyl groups excluding tert-OH is 1. The van der Waals surface area contributed by atoms with Gasteiger partial charge in [-0.05, 0) is 38.5 Å². The molecule has 2 unspecified atom stereocenters.